The summed E-state index contributed by atoms with van der Waals surface area (Å²) in [4.78, 5) is 11.8. The number of ether oxygens (including phenoxy) is 1. The van der Waals surface area contributed by atoms with Crippen LogP contribution in [0, 0.1) is 6.92 Å². The molecule has 1 atom stereocenters. The summed E-state index contributed by atoms with van der Waals surface area (Å²) in [5, 5.41) is 9.61. The molecule has 0 fully saturated rings. The van der Waals surface area contributed by atoms with Crippen LogP contribution in [0.4, 0.5) is 0 Å². The highest BCUT2D eigenvalue weighted by Gasteiger charge is 2.18. The number of methoxy groups -OCH3 is 1. The fourth-order valence-corrected chi connectivity index (χ4v) is 2.42. The summed E-state index contributed by atoms with van der Waals surface area (Å²) in [6.45, 7) is 5.26. The van der Waals surface area contributed by atoms with Gasteiger partial charge in [0.2, 0.25) is 0 Å². The number of hydrogen-bond donors (Lipinski definition) is 1. The zero-order chi connectivity index (χ0) is 13.2. The Kier molecular flexibility index (Phi) is 4.28. The average Bonchev–Trinajstić information content (AvgIpc) is 2.27. The average molecular weight is 256 g/mol. The molecule has 1 N–H and O–H groups in total. The Balaban J connectivity index is 3.33. The number of aromatic hydroxyl groups is 1. The maximum absolute atomic E-state index is 11.9. The molecule has 17 heavy (non-hydrogen) atoms. The summed E-state index contributed by atoms with van der Waals surface area (Å²) in [5.41, 5.74) is 0.924. The van der Waals surface area contributed by atoms with Crippen molar-refractivity contribution < 1.29 is 18.8 Å². The van der Waals surface area contributed by atoms with E-state index in [1.807, 2.05) is 0 Å². The molecular formula is C12H16O4S. The third-order valence-corrected chi connectivity index (χ3v) is 3.97. The van der Waals surface area contributed by atoms with Gasteiger partial charge >= 0.3 is 5.97 Å². The van der Waals surface area contributed by atoms with Crippen LogP contribution >= 0.6 is 0 Å². The third-order valence-electron chi connectivity index (χ3n) is 2.36. The Morgan fingerprint density at radius 2 is 2.00 bits per heavy atom. The van der Waals surface area contributed by atoms with Crippen LogP contribution in [0.15, 0.2) is 17.0 Å². The molecule has 0 radical (unpaired) electrons. The van der Waals surface area contributed by atoms with Gasteiger partial charge in [0.05, 0.1) is 28.4 Å². The molecule has 0 saturated heterocycles. The number of hydrogen-bond acceptors (Lipinski definition) is 4. The summed E-state index contributed by atoms with van der Waals surface area (Å²) < 4.78 is 16.6. The molecule has 94 valence electrons. The van der Waals surface area contributed by atoms with Crippen LogP contribution < -0.4 is 0 Å². The number of benzene rings is 1. The maximum atomic E-state index is 11.9. The number of carbonyl (C=O) groups excluding carboxylic acids is 1. The fourth-order valence-electron chi connectivity index (χ4n) is 1.42. The smallest absolute Gasteiger partial charge is 0.338 e. The highest BCUT2D eigenvalue weighted by molar-refractivity contribution is 7.85. The Morgan fingerprint density at radius 1 is 1.41 bits per heavy atom. The van der Waals surface area contributed by atoms with Crippen LogP contribution in [0.1, 0.15) is 29.8 Å². The Morgan fingerprint density at radius 3 is 2.47 bits per heavy atom. The first kappa shape index (κ1) is 13.7. The van der Waals surface area contributed by atoms with Gasteiger partial charge in [0.15, 0.2) is 0 Å². The van der Waals surface area contributed by atoms with Crippen molar-refractivity contribution in [3.63, 3.8) is 0 Å². The summed E-state index contributed by atoms with van der Waals surface area (Å²) in [6, 6.07) is 2.87. The Labute approximate surface area is 103 Å². The summed E-state index contributed by atoms with van der Waals surface area (Å²) in [7, 11) is -0.0561. The van der Waals surface area contributed by atoms with Gasteiger partial charge in [0.25, 0.3) is 0 Å². The molecule has 0 aliphatic carbocycles. The monoisotopic (exact) mass is 256 g/mol. The molecule has 0 spiro atoms. The number of esters is 1. The third kappa shape index (κ3) is 2.85. The predicted molar refractivity (Wildman–Crippen MR) is 65.7 cm³/mol. The van der Waals surface area contributed by atoms with Crippen LogP contribution in [-0.4, -0.2) is 27.6 Å². The van der Waals surface area contributed by atoms with Crippen LogP contribution in [-0.2, 0) is 15.5 Å². The highest BCUT2D eigenvalue weighted by atomic mass is 32.2. The molecule has 0 aliphatic rings. The van der Waals surface area contributed by atoms with Gasteiger partial charge in [-0.1, -0.05) is 13.8 Å². The molecule has 0 aromatic heterocycles. The lowest BCUT2D eigenvalue weighted by Crippen LogP contribution is -2.09. The topological polar surface area (TPSA) is 63.6 Å². The maximum Gasteiger partial charge on any atom is 0.338 e. The van der Waals surface area contributed by atoms with Gasteiger partial charge in [-0.2, -0.15) is 0 Å². The van der Waals surface area contributed by atoms with E-state index >= 15 is 0 Å². The van der Waals surface area contributed by atoms with Crippen molar-refractivity contribution in [3.05, 3.63) is 23.3 Å². The second-order valence-corrected chi connectivity index (χ2v) is 5.95. The van der Waals surface area contributed by atoms with Crippen molar-refractivity contribution in [2.75, 3.05) is 7.11 Å². The molecule has 0 heterocycles. The minimum atomic E-state index is -1.34. The van der Waals surface area contributed by atoms with E-state index in [-0.39, 0.29) is 15.9 Å². The SMILES string of the molecule is COC(=O)c1cc(S(=O)C(C)C)c(O)cc1C. The molecule has 5 heteroatoms. The zero-order valence-corrected chi connectivity index (χ0v) is 11.1. The van der Waals surface area contributed by atoms with E-state index in [4.69, 9.17) is 0 Å². The number of carbonyl (C=O) groups is 1. The normalized spacial score (nSPS) is 12.5. The van der Waals surface area contributed by atoms with Gasteiger partial charge in [0.1, 0.15) is 5.75 Å². The first-order valence-corrected chi connectivity index (χ1v) is 6.42. The zero-order valence-electron chi connectivity index (χ0n) is 10.3. The molecule has 0 saturated carbocycles. The van der Waals surface area contributed by atoms with E-state index in [1.54, 1.807) is 20.8 Å². The van der Waals surface area contributed by atoms with Crippen LogP contribution in [0.5, 0.6) is 5.75 Å². The number of phenolic OH excluding ortho intramolecular Hbond substituents is 1. The van der Waals surface area contributed by atoms with E-state index in [0.717, 1.165) is 0 Å². The largest absolute Gasteiger partial charge is 0.507 e. The fraction of sp³-hybridized carbons (Fsp3) is 0.417. The molecule has 1 rings (SSSR count). The van der Waals surface area contributed by atoms with Crippen molar-refractivity contribution in [2.24, 2.45) is 0 Å². The van der Waals surface area contributed by atoms with Crippen molar-refractivity contribution in [1.82, 2.24) is 0 Å². The number of rotatable bonds is 3. The molecule has 0 aliphatic heterocycles. The van der Waals surface area contributed by atoms with Gasteiger partial charge in [-0.05, 0) is 24.6 Å². The van der Waals surface area contributed by atoms with E-state index in [9.17, 15) is 14.1 Å². The first-order valence-electron chi connectivity index (χ1n) is 5.21. The van der Waals surface area contributed by atoms with Crippen LogP contribution in [0.25, 0.3) is 0 Å². The molecule has 1 unspecified atom stereocenters. The lowest BCUT2D eigenvalue weighted by Gasteiger charge is -2.11. The molecular weight excluding hydrogens is 240 g/mol. The van der Waals surface area contributed by atoms with Gasteiger partial charge in [-0.3, -0.25) is 4.21 Å². The van der Waals surface area contributed by atoms with Gasteiger partial charge in [-0.25, -0.2) is 4.79 Å². The minimum absolute atomic E-state index is 0.0535. The van der Waals surface area contributed by atoms with E-state index in [2.05, 4.69) is 4.74 Å². The minimum Gasteiger partial charge on any atom is -0.507 e. The van der Waals surface area contributed by atoms with Crippen molar-refractivity contribution in [1.29, 1.82) is 0 Å². The Bertz CT molecular complexity index is 466. The van der Waals surface area contributed by atoms with E-state index in [0.29, 0.717) is 11.1 Å². The quantitative estimate of drug-likeness (QED) is 0.840. The van der Waals surface area contributed by atoms with E-state index in [1.165, 1.54) is 19.2 Å². The summed E-state index contributed by atoms with van der Waals surface area (Å²) >= 11 is 0. The van der Waals surface area contributed by atoms with Crippen molar-refractivity contribution >= 4 is 16.8 Å². The van der Waals surface area contributed by atoms with Gasteiger partial charge in [-0.15, -0.1) is 0 Å². The molecule has 1 aromatic rings. The van der Waals surface area contributed by atoms with E-state index < -0.39 is 16.8 Å². The molecule has 0 bridgehead atoms. The highest BCUT2D eigenvalue weighted by Crippen LogP contribution is 2.27. The lowest BCUT2D eigenvalue weighted by atomic mass is 10.1. The Hall–Kier alpha value is -1.36. The standard InChI is InChI=1S/C12H16O4S/c1-7(2)17(15)11-6-9(12(14)16-4)8(3)5-10(11)13/h5-7,13H,1-4H3. The summed E-state index contributed by atoms with van der Waals surface area (Å²) in [6.07, 6.45) is 0. The summed E-state index contributed by atoms with van der Waals surface area (Å²) in [5.74, 6) is -0.549. The van der Waals surface area contributed by atoms with Gasteiger partial charge in [0, 0.05) is 5.25 Å². The number of phenols is 1. The lowest BCUT2D eigenvalue weighted by molar-refractivity contribution is 0.0599. The molecule has 1 aromatic carbocycles. The van der Waals surface area contributed by atoms with Crippen LogP contribution in [0.2, 0.25) is 0 Å². The first-order chi connectivity index (χ1) is 7.88. The van der Waals surface area contributed by atoms with Crippen molar-refractivity contribution in [2.45, 2.75) is 30.9 Å². The van der Waals surface area contributed by atoms with Crippen LogP contribution in [0.3, 0.4) is 0 Å². The molecule has 0 amide bonds. The molecule has 4 nitrogen and oxygen atoms in total. The predicted octanol–water partition coefficient (Wildman–Crippen LogP) is 2.00. The number of aryl methyl sites for hydroxylation is 1. The second-order valence-electron chi connectivity index (χ2n) is 3.97. The second kappa shape index (κ2) is 5.31. The van der Waals surface area contributed by atoms with Gasteiger partial charge < -0.3 is 9.84 Å². The van der Waals surface area contributed by atoms with Crippen molar-refractivity contribution in [3.8, 4) is 5.75 Å².